The number of hydrogen-bond acceptors (Lipinski definition) is 5. The topological polar surface area (TPSA) is 77.1 Å². The summed E-state index contributed by atoms with van der Waals surface area (Å²) in [7, 11) is 2.12. The molecule has 6 nitrogen and oxygen atoms in total. The van der Waals surface area contributed by atoms with E-state index in [1.807, 2.05) is 6.92 Å². The number of hydrazine groups is 1. The quantitative estimate of drug-likeness (QED) is 0.246. The molecular formula is C9H21N5O. The van der Waals surface area contributed by atoms with Crippen molar-refractivity contribution < 1.29 is 5.21 Å². The Morgan fingerprint density at radius 3 is 2.60 bits per heavy atom. The van der Waals surface area contributed by atoms with Gasteiger partial charge in [0.15, 0.2) is 0 Å². The van der Waals surface area contributed by atoms with Crippen LogP contribution in [0.25, 0.3) is 0 Å². The second kappa shape index (κ2) is 5.89. The molecule has 0 radical (unpaired) electrons. The highest BCUT2D eigenvalue weighted by atomic mass is 16.4. The number of piperazine rings is 1. The lowest BCUT2D eigenvalue weighted by molar-refractivity contribution is 0.102. The fourth-order valence-corrected chi connectivity index (χ4v) is 1.43. The summed E-state index contributed by atoms with van der Waals surface area (Å²) in [5.41, 5.74) is 8.78. The molecule has 1 saturated heterocycles. The predicted octanol–water partition coefficient (Wildman–Crippen LogP) is -0.879. The van der Waals surface area contributed by atoms with E-state index < -0.39 is 0 Å². The van der Waals surface area contributed by atoms with Crippen LogP contribution in [0.4, 0.5) is 0 Å². The molecule has 6 heteroatoms. The maximum atomic E-state index is 8.49. The molecular weight excluding hydrogens is 194 g/mol. The van der Waals surface area contributed by atoms with Gasteiger partial charge in [-0.25, -0.2) is 5.01 Å². The van der Waals surface area contributed by atoms with Crippen LogP contribution < -0.4 is 11.2 Å². The highest BCUT2D eigenvalue weighted by Crippen LogP contribution is 1.97. The van der Waals surface area contributed by atoms with Gasteiger partial charge in [0.1, 0.15) is 5.84 Å². The maximum absolute atomic E-state index is 8.49. The Morgan fingerprint density at radius 1 is 1.47 bits per heavy atom. The minimum Gasteiger partial charge on any atom is -0.409 e. The largest absolute Gasteiger partial charge is 0.409 e. The SMILES string of the molecule is CC(CNN1CCN(C)CC1)C(N)=NO. The van der Waals surface area contributed by atoms with Gasteiger partial charge < -0.3 is 15.8 Å². The van der Waals surface area contributed by atoms with Crippen LogP contribution in [0.1, 0.15) is 6.92 Å². The summed E-state index contributed by atoms with van der Waals surface area (Å²) in [6.07, 6.45) is 0. The first-order valence-corrected chi connectivity index (χ1v) is 5.28. The molecule has 0 aliphatic carbocycles. The Labute approximate surface area is 90.7 Å². The molecule has 1 aliphatic heterocycles. The van der Waals surface area contributed by atoms with E-state index in [0.717, 1.165) is 26.2 Å². The van der Waals surface area contributed by atoms with E-state index in [1.165, 1.54) is 0 Å². The lowest BCUT2D eigenvalue weighted by Gasteiger charge is -2.33. The van der Waals surface area contributed by atoms with Gasteiger partial charge >= 0.3 is 0 Å². The lowest BCUT2D eigenvalue weighted by Crippen LogP contribution is -2.52. The summed E-state index contributed by atoms with van der Waals surface area (Å²) in [5.74, 6) is 0.325. The van der Waals surface area contributed by atoms with Crippen molar-refractivity contribution in [2.75, 3.05) is 39.8 Å². The summed E-state index contributed by atoms with van der Waals surface area (Å²) in [4.78, 5) is 2.30. The monoisotopic (exact) mass is 215 g/mol. The summed E-state index contributed by atoms with van der Waals surface area (Å²) in [5, 5.41) is 13.7. The molecule has 0 saturated carbocycles. The summed E-state index contributed by atoms with van der Waals surface area (Å²) < 4.78 is 0. The van der Waals surface area contributed by atoms with Gasteiger partial charge in [-0.1, -0.05) is 12.1 Å². The molecule has 0 aromatic carbocycles. The van der Waals surface area contributed by atoms with Crippen molar-refractivity contribution in [3.8, 4) is 0 Å². The molecule has 1 heterocycles. The van der Waals surface area contributed by atoms with Crippen molar-refractivity contribution in [2.24, 2.45) is 16.8 Å². The Balaban J connectivity index is 2.20. The molecule has 1 unspecified atom stereocenters. The fourth-order valence-electron chi connectivity index (χ4n) is 1.43. The van der Waals surface area contributed by atoms with Gasteiger partial charge in [-0.05, 0) is 7.05 Å². The Bertz CT molecular complexity index is 213. The third-order valence-corrected chi connectivity index (χ3v) is 2.74. The van der Waals surface area contributed by atoms with Gasteiger partial charge in [-0.3, -0.25) is 5.43 Å². The van der Waals surface area contributed by atoms with Crippen molar-refractivity contribution in [1.29, 1.82) is 0 Å². The molecule has 0 amide bonds. The average molecular weight is 215 g/mol. The molecule has 0 spiro atoms. The molecule has 1 aliphatic rings. The number of nitrogens with zero attached hydrogens (tertiary/aromatic N) is 3. The van der Waals surface area contributed by atoms with Crippen LogP contribution >= 0.6 is 0 Å². The first kappa shape index (κ1) is 12.2. The van der Waals surface area contributed by atoms with Crippen LogP contribution in [-0.4, -0.2) is 60.7 Å². The second-order valence-corrected chi connectivity index (χ2v) is 4.08. The van der Waals surface area contributed by atoms with Gasteiger partial charge in [-0.2, -0.15) is 0 Å². The normalized spacial score (nSPS) is 22.9. The van der Waals surface area contributed by atoms with E-state index in [0.29, 0.717) is 6.54 Å². The van der Waals surface area contributed by atoms with Crippen LogP contribution in [0.5, 0.6) is 0 Å². The van der Waals surface area contributed by atoms with Crippen molar-refractivity contribution in [3.63, 3.8) is 0 Å². The van der Waals surface area contributed by atoms with Crippen LogP contribution in [-0.2, 0) is 0 Å². The molecule has 0 aromatic heterocycles. The second-order valence-electron chi connectivity index (χ2n) is 4.08. The zero-order valence-electron chi connectivity index (χ0n) is 9.48. The third kappa shape index (κ3) is 4.03. The van der Waals surface area contributed by atoms with Gasteiger partial charge in [0.2, 0.25) is 0 Å². The van der Waals surface area contributed by atoms with E-state index in [1.54, 1.807) is 0 Å². The molecule has 1 fully saturated rings. The summed E-state index contributed by atoms with van der Waals surface area (Å²) in [6.45, 7) is 6.81. The minimum absolute atomic E-state index is 0.0506. The number of nitrogens with one attached hydrogen (secondary N) is 1. The highest BCUT2D eigenvalue weighted by molar-refractivity contribution is 5.82. The van der Waals surface area contributed by atoms with Crippen molar-refractivity contribution in [1.82, 2.24) is 15.3 Å². The summed E-state index contributed by atoms with van der Waals surface area (Å²) in [6, 6.07) is 0. The summed E-state index contributed by atoms with van der Waals surface area (Å²) >= 11 is 0. The van der Waals surface area contributed by atoms with E-state index in [2.05, 4.69) is 27.5 Å². The van der Waals surface area contributed by atoms with E-state index in [9.17, 15) is 0 Å². The van der Waals surface area contributed by atoms with Crippen molar-refractivity contribution >= 4 is 5.84 Å². The van der Waals surface area contributed by atoms with E-state index >= 15 is 0 Å². The predicted molar refractivity (Wildman–Crippen MR) is 59.6 cm³/mol. The Kier molecular flexibility index (Phi) is 4.80. The van der Waals surface area contributed by atoms with Gasteiger partial charge in [0.05, 0.1) is 0 Å². The molecule has 1 rings (SSSR count). The number of rotatable bonds is 4. The lowest BCUT2D eigenvalue weighted by atomic mass is 10.2. The van der Waals surface area contributed by atoms with Gasteiger partial charge in [0, 0.05) is 38.6 Å². The molecule has 15 heavy (non-hydrogen) atoms. The molecule has 0 aromatic rings. The first-order valence-electron chi connectivity index (χ1n) is 5.28. The van der Waals surface area contributed by atoms with Crippen LogP contribution in [0.15, 0.2) is 5.16 Å². The zero-order valence-corrected chi connectivity index (χ0v) is 9.48. The van der Waals surface area contributed by atoms with Crippen LogP contribution in [0, 0.1) is 5.92 Å². The number of nitrogens with two attached hydrogens (primary N) is 1. The molecule has 4 N–H and O–H groups in total. The van der Waals surface area contributed by atoms with Crippen LogP contribution in [0.3, 0.4) is 0 Å². The van der Waals surface area contributed by atoms with Gasteiger partial charge in [0.25, 0.3) is 0 Å². The molecule has 0 bridgehead atoms. The van der Waals surface area contributed by atoms with Gasteiger partial charge in [-0.15, -0.1) is 0 Å². The molecule has 1 atom stereocenters. The number of oxime groups is 1. The van der Waals surface area contributed by atoms with Crippen LogP contribution in [0.2, 0.25) is 0 Å². The van der Waals surface area contributed by atoms with Crippen molar-refractivity contribution in [2.45, 2.75) is 6.92 Å². The molecule has 88 valence electrons. The fraction of sp³-hybridized carbons (Fsp3) is 0.889. The zero-order chi connectivity index (χ0) is 11.3. The highest BCUT2D eigenvalue weighted by Gasteiger charge is 2.15. The average Bonchev–Trinajstić information content (AvgIpc) is 2.26. The van der Waals surface area contributed by atoms with Crippen molar-refractivity contribution in [3.05, 3.63) is 0 Å². The number of hydrogen-bond donors (Lipinski definition) is 3. The Morgan fingerprint density at radius 2 is 2.07 bits per heavy atom. The smallest absolute Gasteiger partial charge is 0.143 e. The number of likely N-dealkylation sites (N-methyl/N-ethyl adjacent to an activating group) is 1. The minimum atomic E-state index is 0.0506. The Hall–Kier alpha value is -0.850. The third-order valence-electron chi connectivity index (χ3n) is 2.74. The van der Waals surface area contributed by atoms with E-state index in [-0.39, 0.29) is 11.8 Å². The number of amidine groups is 1. The standard InChI is InChI=1S/C9H21N5O/c1-8(9(10)12-15)7-11-14-5-3-13(2)4-6-14/h8,11,15H,3-7H2,1-2H3,(H2,10,12). The first-order chi connectivity index (χ1) is 7.13. The maximum Gasteiger partial charge on any atom is 0.143 e. The van der Waals surface area contributed by atoms with E-state index in [4.69, 9.17) is 10.9 Å².